The van der Waals surface area contributed by atoms with Crippen molar-refractivity contribution in [2.24, 2.45) is 5.41 Å². The lowest BCUT2D eigenvalue weighted by Gasteiger charge is -2.15. The van der Waals surface area contributed by atoms with Gasteiger partial charge in [-0.25, -0.2) is 0 Å². The molecule has 0 amide bonds. The Labute approximate surface area is 116 Å². The highest BCUT2D eigenvalue weighted by Gasteiger charge is 2.24. The van der Waals surface area contributed by atoms with Crippen molar-refractivity contribution in [3.8, 4) is 6.07 Å². The van der Waals surface area contributed by atoms with E-state index in [2.05, 4.69) is 5.32 Å². The Morgan fingerprint density at radius 3 is 2.30 bits per heavy atom. The molecule has 0 aromatic heterocycles. The summed E-state index contributed by atoms with van der Waals surface area (Å²) in [6.45, 7) is 5.19. The maximum absolute atomic E-state index is 11.9. The van der Waals surface area contributed by atoms with Gasteiger partial charge in [-0.2, -0.15) is 5.26 Å². The maximum atomic E-state index is 11.9. The van der Waals surface area contributed by atoms with Gasteiger partial charge in [-0.1, -0.05) is 20.8 Å². The highest BCUT2D eigenvalue weighted by atomic mass is 16.6. The van der Waals surface area contributed by atoms with Crippen molar-refractivity contribution >= 4 is 17.2 Å². The summed E-state index contributed by atoms with van der Waals surface area (Å²) in [5, 5.41) is 22.3. The van der Waals surface area contributed by atoms with E-state index >= 15 is 0 Å². The number of carbonyl (C=O) groups is 1. The number of nitro groups is 1. The number of nitrogens with zero attached hydrogens (tertiary/aromatic N) is 2. The van der Waals surface area contributed by atoms with Crippen molar-refractivity contribution in [1.29, 1.82) is 5.26 Å². The van der Waals surface area contributed by atoms with Gasteiger partial charge in [-0.3, -0.25) is 14.9 Å². The summed E-state index contributed by atoms with van der Waals surface area (Å²) in [7, 11) is 0. The van der Waals surface area contributed by atoms with Gasteiger partial charge in [0.2, 0.25) is 0 Å². The number of hydrogen-bond acceptors (Lipinski definition) is 5. The van der Waals surface area contributed by atoms with Crippen LogP contribution in [0.3, 0.4) is 0 Å². The van der Waals surface area contributed by atoms with Gasteiger partial charge < -0.3 is 5.32 Å². The molecule has 1 N–H and O–H groups in total. The molecule has 0 heterocycles. The van der Waals surface area contributed by atoms with Crippen molar-refractivity contribution in [2.75, 3.05) is 5.32 Å². The number of non-ortho nitro benzene ring substituents is 1. The number of hydrogen-bond donors (Lipinski definition) is 1. The summed E-state index contributed by atoms with van der Waals surface area (Å²) in [5.41, 5.74) is -0.0923. The molecule has 0 aliphatic carbocycles. The molecule has 6 nitrogen and oxygen atoms in total. The summed E-state index contributed by atoms with van der Waals surface area (Å²) < 4.78 is 0. The molecule has 6 heteroatoms. The molecular formula is C14H15N3O3. The minimum absolute atomic E-state index is 0.0100. The molecule has 0 radical (unpaired) electrons. The summed E-state index contributed by atoms with van der Waals surface area (Å²) in [6.07, 6.45) is 1.31. The van der Waals surface area contributed by atoms with Gasteiger partial charge in [-0.15, -0.1) is 0 Å². The third-order valence-corrected chi connectivity index (χ3v) is 2.51. The topological polar surface area (TPSA) is 96.0 Å². The second-order valence-electron chi connectivity index (χ2n) is 5.20. The van der Waals surface area contributed by atoms with Crippen LogP contribution in [0.1, 0.15) is 20.8 Å². The summed E-state index contributed by atoms with van der Waals surface area (Å²) >= 11 is 0. The lowest BCUT2D eigenvalue weighted by molar-refractivity contribution is -0.384. The molecule has 1 aromatic carbocycles. The number of nitrogens with one attached hydrogen (secondary N) is 1. The number of nitro benzene ring substituents is 1. The molecule has 0 atom stereocenters. The van der Waals surface area contributed by atoms with Crippen molar-refractivity contribution in [3.63, 3.8) is 0 Å². The molecule has 104 valence electrons. The van der Waals surface area contributed by atoms with E-state index in [0.717, 1.165) is 0 Å². The largest absolute Gasteiger partial charge is 0.360 e. The van der Waals surface area contributed by atoms with Gasteiger partial charge in [0, 0.05) is 29.4 Å². The van der Waals surface area contributed by atoms with Gasteiger partial charge in [0.25, 0.3) is 5.69 Å². The fourth-order valence-corrected chi connectivity index (χ4v) is 1.39. The zero-order valence-electron chi connectivity index (χ0n) is 11.5. The Hall–Kier alpha value is -2.68. The van der Waals surface area contributed by atoms with Crippen molar-refractivity contribution in [1.82, 2.24) is 0 Å². The molecule has 0 spiro atoms. The second kappa shape index (κ2) is 5.97. The molecule has 0 fully saturated rings. The fraction of sp³-hybridized carbons (Fsp3) is 0.286. The molecule has 0 aliphatic rings. The van der Waals surface area contributed by atoms with E-state index in [9.17, 15) is 14.9 Å². The van der Waals surface area contributed by atoms with E-state index in [4.69, 9.17) is 5.26 Å². The van der Waals surface area contributed by atoms with E-state index in [0.29, 0.717) is 5.69 Å². The van der Waals surface area contributed by atoms with Crippen LogP contribution >= 0.6 is 0 Å². The minimum atomic E-state index is -0.640. The van der Waals surface area contributed by atoms with Gasteiger partial charge in [0.15, 0.2) is 5.78 Å². The molecular weight excluding hydrogens is 258 g/mol. The molecule has 0 aliphatic heterocycles. The monoisotopic (exact) mass is 273 g/mol. The van der Waals surface area contributed by atoms with Crippen molar-refractivity contribution in [2.45, 2.75) is 20.8 Å². The number of anilines is 1. The van der Waals surface area contributed by atoms with Gasteiger partial charge in [0.05, 0.1) is 4.92 Å². The fourth-order valence-electron chi connectivity index (χ4n) is 1.39. The van der Waals surface area contributed by atoms with Gasteiger partial charge in [-0.05, 0) is 12.1 Å². The average Bonchev–Trinajstić information content (AvgIpc) is 2.38. The predicted octanol–water partition coefficient (Wildman–Crippen LogP) is 3.03. The van der Waals surface area contributed by atoms with E-state index in [1.54, 1.807) is 20.8 Å². The standard InChI is InChI=1S/C14H15N3O3/c1-14(2,3)13(18)10(8-15)9-16-11-4-6-12(7-5-11)17(19)20/h4-7,9,16H,1-3H3. The first kappa shape index (κ1) is 15.4. The van der Waals surface area contributed by atoms with Crippen LogP contribution in [0.5, 0.6) is 0 Å². The Kier molecular flexibility index (Phi) is 4.59. The van der Waals surface area contributed by atoms with Crippen molar-refractivity contribution in [3.05, 3.63) is 46.2 Å². The lowest BCUT2D eigenvalue weighted by atomic mass is 9.87. The first-order valence-corrected chi connectivity index (χ1v) is 5.92. The van der Waals surface area contributed by atoms with E-state index < -0.39 is 10.3 Å². The van der Waals surface area contributed by atoms with Crippen LogP contribution in [0.2, 0.25) is 0 Å². The van der Waals surface area contributed by atoms with Crippen LogP contribution < -0.4 is 5.32 Å². The number of nitriles is 1. The van der Waals surface area contributed by atoms with Crippen LogP contribution in [-0.2, 0) is 4.79 Å². The van der Waals surface area contributed by atoms with Crippen LogP contribution in [0.15, 0.2) is 36.0 Å². The molecule has 1 aromatic rings. The third-order valence-electron chi connectivity index (χ3n) is 2.51. The van der Waals surface area contributed by atoms with Crippen molar-refractivity contribution < 1.29 is 9.72 Å². The zero-order chi connectivity index (χ0) is 15.3. The first-order chi connectivity index (χ1) is 9.25. The minimum Gasteiger partial charge on any atom is -0.360 e. The molecule has 0 saturated heterocycles. The Morgan fingerprint density at radius 1 is 1.35 bits per heavy atom. The van der Waals surface area contributed by atoms with E-state index in [-0.39, 0.29) is 17.0 Å². The number of rotatable bonds is 4. The first-order valence-electron chi connectivity index (χ1n) is 5.92. The number of benzene rings is 1. The highest BCUT2D eigenvalue weighted by Crippen LogP contribution is 2.20. The normalized spacial score (nSPS) is 11.6. The zero-order valence-corrected chi connectivity index (χ0v) is 11.5. The summed E-state index contributed by atoms with van der Waals surface area (Å²) in [5.74, 6) is -0.269. The van der Waals surface area contributed by atoms with Crippen LogP contribution in [0, 0.1) is 26.9 Å². The van der Waals surface area contributed by atoms with Gasteiger partial charge in [0.1, 0.15) is 11.6 Å². The third kappa shape index (κ3) is 3.92. The molecule has 1 rings (SSSR count). The number of carbonyl (C=O) groups excluding carboxylic acids is 1. The Bertz CT molecular complexity index is 590. The molecule has 0 unspecified atom stereocenters. The quantitative estimate of drug-likeness (QED) is 0.393. The van der Waals surface area contributed by atoms with Crippen LogP contribution in [0.4, 0.5) is 11.4 Å². The average molecular weight is 273 g/mol. The highest BCUT2D eigenvalue weighted by molar-refractivity contribution is 6.02. The second-order valence-corrected chi connectivity index (χ2v) is 5.20. The molecule has 0 bridgehead atoms. The molecule has 0 saturated carbocycles. The number of allylic oxidation sites excluding steroid dienone is 1. The number of ketones is 1. The summed E-state index contributed by atoms with van der Waals surface area (Å²) in [4.78, 5) is 22.0. The van der Waals surface area contributed by atoms with E-state index in [1.165, 1.54) is 30.5 Å². The molecule has 20 heavy (non-hydrogen) atoms. The van der Waals surface area contributed by atoms with Crippen LogP contribution in [0.25, 0.3) is 0 Å². The Morgan fingerprint density at radius 2 is 1.90 bits per heavy atom. The predicted molar refractivity (Wildman–Crippen MR) is 74.9 cm³/mol. The summed E-state index contributed by atoms with van der Waals surface area (Å²) in [6, 6.07) is 7.54. The lowest BCUT2D eigenvalue weighted by Crippen LogP contribution is -2.22. The van der Waals surface area contributed by atoms with Crippen LogP contribution in [-0.4, -0.2) is 10.7 Å². The van der Waals surface area contributed by atoms with Gasteiger partial charge >= 0.3 is 0 Å². The SMILES string of the molecule is CC(C)(C)C(=O)C(C#N)=CNc1ccc([N+](=O)[O-])cc1. The Balaban J connectivity index is 2.87. The number of Topliss-reactive ketones (excluding diaryl/α,β-unsaturated/α-hetero) is 1. The maximum Gasteiger partial charge on any atom is 0.269 e. The smallest absolute Gasteiger partial charge is 0.269 e. The van der Waals surface area contributed by atoms with E-state index in [1.807, 2.05) is 6.07 Å².